The molecule has 1 amide bonds. The molecular formula is C23H29N3O4S. The molecule has 8 heteroatoms. The van der Waals surface area contributed by atoms with Crippen LogP contribution < -0.4 is 11.3 Å². The highest BCUT2D eigenvalue weighted by Crippen LogP contribution is 2.38. The molecule has 1 fully saturated rings. The monoisotopic (exact) mass is 443 g/mol. The first-order valence-electron chi connectivity index (χ1n) is 10.5. The van der Waals surface area contributed by atoms with Crippen LogP contribution in [0.1, 0.15) is 61.8 Å². The Labute approximate surface area is 183 Å². The summed E-state index contributed by atoms with van der Waals surface area (Å²) in [5.74, 6) is -0.00686. The third kappa shape index (κ3) is 5.51. The van der Waals surface area contributed by atoms with Gasteiger partial charge >= 0.3 is 0 Å². The zero-order chi connectivity index (χ0) is 22.6. The minimum absolute atomic E-state index is 0.0909. The number of rotatable bonds is 10. The molecule has 1 aromatic heterocycles. The lowest BCUT2D eigenvalue weighted by Crippen LogP contribution is -2.26. The summed E-state index contributed by atoms with van der Waals surface area (Å²) in [6, 6.07) is 10.4. The van der Waals surface area contributed by atoms with Crippen molar-refractivity contribution in [1.82, 2.24) is 9.29 Å². The Kier molecular flexibility index (Phi) is 7.12. The van der Waals surface area contributed by atoms with Gasteiger partial charge in [-0.1, -0.05) is 31.2 Å². The molecule has 1 heterocycles. The number of aromatic amines is 1. The summed E-state index contributed by atoms with van der Waals surface area (Å²) < 4.78 is 26.4. The normalized spacial score (nSPS) is 14.7. The Morgan fingerprint density at radius 1 is 1.19 bits per heavy atom. The van der Waals surface area contributed by atoms with Gasteiger partial charge in [-0.3, -0.25) is 9.59 Å². The molecule has 1 saturated carbocycles. The van der Waals surface area contributed by atoms with E-state index in [1.807, 2.05) is 18.2 Å². The number of amides is 1. The molecule has 0 radical (unpaired) electrons. The van der Waals surface area contributed by atoms with Crippen LogP contribution in [0.4, 0.5) is 0 Å². The molecular weight excluding hydrogens is 414 g/mol. The molecule has 2 aromatic rings. The van der Waals surface area contributed by atoms with E-state index in [2.05, 4.69) is 4.98 Å². The molecule has 0 spiro atoms. The molecule has 3 rings (SSSR count). The number of unbranched alkanes of at least 4 members (excludes halogenated alkanes) is 1. The van der Waals surface area contributed by atoms with Crippen LogP contribution in [0.15, 0.2) is 52.2 Å². The number of primary amides is 1. The van der Waals surface area contributed by atoms with E-state index in [0.29, 0.717) is 31.0 Å². The van der Waals surface area contributed by atoms with Crippen molar-refractivity contribution < 1.29 is 13.2 Å². The van der Waals surface area contributed by atoms with E-state index >= 15 is 0 Å². The average Bonchev–Trinajstić information content (AvgIpc) is 3.58. The number of nitrogens with zero attached hydrogens (tertiary/aromatic N) is 1. The van der Waals surface area contributed by atoms with Gasteiger partial charge < -0.3 is 10.7 Å². The summed E-state index contributed by atoms with van der Waals surface area (Å²) in [5.41, 5.74) is 8.18. The molecule has 0 bridgehead atoms. The van der Waals surface area contributed by atoms with E-state index < -0.39 is 10.0 Å². The van der Waals surface area contributed by atoms with Gasteiger partial charge in [0.05, 0.1) is 4.90 Å². The Morgan fingerprint density at radius 2 is 1.87 bits per heavy atom. The van der Waals surface area contributed by atoms with Gasteiger partial charge in [-0.25, -0.2) is 12.7 Å². The molecule has 1 aliphatic carbocycles. The van der Waals surface area contributed by atoms with E-state index in [4.69, 9.17) is 5.73 Å². The molecule has 3 N–H and O–H groups in total. The highest BCUT2D eigenvalue weighted by atomic mass is 32.2. The summed E-state index contributed by atoms with van der Waals surface area (Å²) in [6.07, 6.45) is 5.51. The Bertz CT molecular complexity index is 1130. The van der Waals surface area contributed by atoms with Gasteiger partial charge in [0.25, 0.3) is 5.56 Å². The lowest BCUT2D eigenvalue weighted by Gasteiger charge is -2.15. The minimum atomic E-state index is -3.54. The van der Waals surface area contributed by atoms with Gasteiger partial charge in [0.15, 0.2) is 0 Å². The van der Waals surface area contributed by atoms with Gasteiger partial charge in [0.2, 0.25) is 15.9 Å². The lowest BCUT2D eigenvalue weighted by atomic mass is 9.99. The Balaban J connectivity index is 1.94. The topological polar surface area (TPSA) is 113 Å². The summed E-state index contributed by atoms with van der Waals surface area (Å²) in [7, 11) is -2.00. The van der Waals surface area contributed by atoms with Crippen molar-refractivity contribution in [2.75, 3.05) is 13.6 Å². The molecule has 0 unspecified atom stereocenters. The van der Waals surface area contributed by atoms with E-state index in [0.717, 1.165) is 29.5 Å². The van der Waals surface area contributed by atoms with Gasteiger partial charge in [0.1, 0.15) is 0 Å². The van der Waals surface area contributed by atoms with Crippen molar-refractivity contribution in [2.45, 2.75) is 49.8 Å². The molecule has 1 aromatic carbocycles. The number of nitrogens with one attached hydrogen (secondary N) is 1. The van der Waals surface area contributed by atoms with Crippen molar-refractivity contribution in [1.29, 1.82) is 0 Å². The van der Waals surface area contributed by atoms with Gasteiger partial charge in [-0.2, -0.15) is 0 Å². The van der Waals surface area contributed by atoms with Crippen LogP contribution in [0.3, 0.4) is 0 Å². The highest BCUT2D eigenvalue weighted by Gasteiger charge is 2.26. The third-order valence-corrected chi connectivity index (χ3v) is 7.49. The number of aromatic nitrogens is 1. The number of allylic oxidation sites excluding steroid dienone is 1. The fourth-order valence-electron chi connectivity index (χ4n) is 3.42. The maximum atomic E-state index is 12.6. The fraction of sp³-hybridized carbons (Fsp3) is 0.391. The van der Waals surface area contributed by atoms with Crippen molar-refractivity contribution in [3.05, 3.63) is 69.6 Å². The van der Waals surface area contributed by atoms with Crippen LogP contribution in [0.5, 0.6) is 0 Å². The average molecular weight is 444 g/mol. The number of nitrogens with two attached hydrogens (primary N) is 1. The van der Waals surface area contributed by atoms with E-state index in [1.165, 1.54) is 4.31 Å². The van der Waals surface area contributed by atoms with Crippen molar-refractivity contribution in [3.63, 3.8) is 0 Å². The first-order chi connectivity index (χ1) is 14.7. The van der Waals surface area contributed by atoms with Crippen LogP contribution in [-0.4, -0.2) is 37.2 Å². The van der Waals surface area contributed by atoms with E-state index in [9.17, 15) is 18.0 Å². The second kappa shape index (κ2) is 9.62. The molecule has 166 valence electrons. The highest BCUT2D eigenvalue weighted by molar-refractivity contribution is 7.89. The zero-order valence-electron chi connectivity index (χ0n) is 17.9. The molecule has 31 heavy (non-hydrogen) atoms. The Morgan fingerprint density at radius 3 is 2.42 bits per heavy atom. The van der Waals surface area contributed by atoms with Crippen LogP contribution in [-0.2, 0) is 14.8 Å². The van der Waals surface area contributed by atoms with Crippen molar-refractivity contribution >= 4 is 21.5 Å². The van der Waals surface area contributed by atoms with Gasteiger partial charge in [-0.05, 0) is 55.4 Å². The van der Waals surface area contributed by atoms with Gasteiger partial charge in [0, 0.05) is 36.8 Å². The molecule has 1 aliphatic rings. The first kappa shape index (κ1) is 23.0. The van der Waals surface area contributed by atoms with Crippen LogP contribution in [0.2, 0.25) is 0 Å². The minimum Gasteiger partial charge on any atom is -0.370 e. The second-order valence-corrected chi connectivity index (χ2v) is 9.90. The van der Waals surface area contributed by atoms with Crippen molar-refractivity contribution in [3.8, 4) is 0 Å². The number of H-pyrrole nitrogens is 1. The van der Waals surface area contributed by atoms with Crippen LogP contribution in [0.25, 0.3) is 5.57 Å². The summed E-state index contributed by atoms with van der Waals surface area (Å²) >= 11 is 0. The molecule has 0 aliphatic heterocycles. The predicted octanol–water partition coefficient (Wildman–Crippen LogP) is 2.98. The number of carbonyl (C=O) groups is 1. The quantitative estimate of drug-likeness (QED) is 0.550. The van der Waals surface area contributed by atoms with Crippen LogP contribution in [0, 0.1) is 0 Å². The number of hydrogen-bond acceptors (Lipinski definition) is 4. The second-order valence-electron chi connectivity index (χ2n) is 7.85. The fourth-order valence-corrected chi connectivity index (χ4v) is 4.60. The smallest absolute Gasteiger partial charge is 0.251 e. The van der Waals surface area contributed by atoms with Crippen molar-refractivity contribution in [2.24, 2.45) is 5.73 Å². The number of hydrogen-bond donors (Lipinski definition) is 2. The standard InChI is InChI=1S/C23H29N3O4S/c1-3-26(2)31(29,30)18-12-10-16(11-13-18)19(6-4-5-7-22(24)27)21-15-14-20(17-8-9-17)23(28)25-21/h6,10-15,17H,3-5,7-9H2,1-2H3,(H2,24,27)(H,25,28)/b19-6+. The molecule has 7 nitrogen and oxygen atoms in total. The molecule has 0 atom stereocenters. The van der Waals surface area contributed by atoms with Gasteiger partial charge in [-0.15, -0.1) is 0 Å². The SMILES string of the molecule is CCN(C)S(=O)(=O)c1ccc(/C(=C\CCCC(N)=O)c2ccc(C3CC3)c(=O)[nH]2)cc1. The zero-order valence-corrected chi connectivity index (χ0v) is 18.7. The van der Waals surface area contributed by atoms with E-state index in [1.54, 1.807) is 38.2 Å². The maximum absolute atomic E-state index is 12.6. The largest absolute Gasteiger partial charge is 0.370 e. The third-order valence-electron chi connectivity index (χ3n) is 5.54. The summed E-state index contributed by atoms with van der Waals surface area (Å²) in [6.45, 7) is 2.16. The number of benzene rings is 1. The number of carbonyl (C=O) groups excluding carboxylic acids is 1. The van der Waals surface area contributed by atoms with E-state index in [-0.39, 0.29) is 22.8 Å². The Hall–Kier alpha value is -2.71. The predicted molar refractivity (Wildman–Crippen MR) is 121 cm³/mol. The maximum Gasteiger partial charge on any atom is 0.251 e. The summed E-state index contributed by atoms with van der Waals surface area (Å²) in [5, 5.41) is 0. The number of sulfonamides is 1. The molecule has 0 saturated heterocycles. The lowest BCUT2D eigenvalue weighted by molar-refractivity contribution is -0.118. The van der Waals surface area contributed by atoms with Crippen LogP contribution >= 0.6 is 0 Å². The number of pyridine rings is 1. The summed E-state index contributed by atoms with van der Waals surface area (Å²) in [4.78, 5) is 26.8. The first-order valence-corrected chi connectivity index (χ1v) is 12.0.